The van der Waals surface area contributed by atoms with Crippen LogP contribution in [0.2, 0.25) is 0 Å². The molecule has 2 aromatic rings. The molecular weight excluding hydrogens is 406 g/mol. The van der Waals surface area contributed by atoms with E-state index in [1.54, 1.807) is 4.90 Å². The number of nitrogens with two attached hydrogens (primary N) is 1. The van der Waals surface area contributed by atoms with E-state index >= 15 is 0 Å². The number of piperazine rings is 1. The van der Waals surface area contributed by atoms with Gasteiger partial charge >= 0.3 is 5.97 Å². The molecule has 0 spiro atoms. The molecule has 0 radical (unpaired) electrons. The van der Waals surface area contributed by atoms with Gasteiger partial charge in [0.1, 0.15) is 26.2 Å². The highest BCUT2D eigenvalue weighted by molar-refractivity contribution is 5.89. The summed E-state index contributed by atoms with van der Waals surface area (Å²) in [5, 5.41) is 19.7. The number of carbonyl (C=O) groups excluding carboxylic acids is 1. The zero-order chi connectivity index (χ0) is 22.8. The van der Waals surface area contributed by atoms with E-state index in [0.29, 0.717) is 12.2 Å². The molecule has 7 heteroatoms. The minimum Gasteiger partial charge on any atom is -0.545 e. The van der Waals surface area contributed by atoms with Crippen LogP contribution < -0.4 is 20.2 Å². The third-order valence-corrected chi connectivity index (χ3v) is 5.58. The van der Waals surface area contributed by atoms with Crippen molar-refractivity contribution in [2.45, 2.75) is 6.42 Å². The number of rotatable bonds is 6. The lowest BCUT2D eigenvalue weighted by molar-refractivity contribution is -0.946. The van der Waals surface area contributed by atoms with Crippen LogP contribution in [0.1, 0.15) is 17.5 Å². The number of nitrogens with zero attached hydrogens (tertiary/aromatic N) is 1. The van der Waals surface area contributed by atoms with Gasteiger partial charge in [-0.3, -0.25) is 0 Å². The number of hydrogen-bond donors (Lipinski definition) is 3. The third kappa shape index (κ3) is 6.80. The molecule has 4 N–H and O–H groups in total. The molecular formula is C25H30N3O4+. The van der Waals surface area contributed by atoms with Crippen molar-refractivity contribution in [1.82, 2.24) is 0 Å². The molecule has 2 aliphatic rings. The molecule has 168 valence electrons. The second kappa shape index (κ2) is 11.8. The monoisotopic (exact) mass is 436 g/mol. The SMILES string of the molecule is C1=Cc2ccccc2N(CCC[NH+]2CC[NH2+]CC2)c2ccccc21.O=C([O-])/C=C\C(=O)O. The first kappa shape index (κ1) is 23.2. The summed E-state index contributed by atoms with van der Waals surface area (Å²) in [6, 6.07) is 17.5. The summed E-state index contributed by atoms with van der Waals surface area (Å²) in [7, 11) is 0. The van der Waals surface area contributed by atoms with Crippen LogP contribution in [0.3, 0.4) is 0 Å². The molecule has 0 unspecified atom stereocenters. The second-order valence-corrected chi connectivity index (χ2v) is 7.81. The Morgan fingerprint density at radius 3 is 2.03 bits per heavy atom. The van der Waals surface area contributed by atoms with Gasteiger partial charge in [0.05, 0.1) is 12.5 Å². The number of aliphatic carboxylic acids is 2. The topological polar surface area (TPSA) is 102 Å². The van der Waals surface area contributed by atoms with Crippen LogP contribution in [-0.4, -0.2) is 56.3 Å². The first-order valence-electron chi connectivity index (χ1n) is 11.0. The number of carboxylic acids is 2. The number of carbonyl (C=O) groups is 2. The predicted octanol–water partition coefficient (Wildman–Crippen LogP) is -0.462. The van der Waals surface area contributed by atoms with Crippen LogP contribution in [0, 0.1) is 0 Å². The number of nitrogens with one attached hydrogen (secondary N) is 1. The molecule has 1 saturated heterocycles. The van der Waals surface area contributed by atoms with Crippen molar-refractivity contribution in [2.24, 2.45) is 0 Å². The fourth-order valence-corrected chi connectivity index (χ4v) is 4.06. The van der Waals surface area contributed by atoms with Gasteiger partial charge in [-0.1, -0.05) is 48.6 Å². The lowest BCUT2D eigenvalue weighted by atomic mass is 10.1. The standard InChI is InChI=1S/C21H25N3.C4H4O4/c1-3-8-20-18(6-1)10-11-19-7-2-4-9-21(19)24(20)15-5-14-23-16-12-22-13-17-23;5-3(6)1-2-4(7)8/h1-4,6-11,22H,5,12-17H2;1-2H,(H,5,6)(H,7,8)/p+1/b;2-1-. The van der Waals surface area contributed by atoms with Crippen molar-refractivity contribution in [3.05, 3.63) is 71.8 Å². The second-order valence-electron chi connectivity index (χ2n) is 7.81. The Hall–Kier alpha value is -3.42. The maximum atomic E-state index is 9.53. The van der Waals surface area contributed by atoms with Gasteiger partial charge in [-0.25, -0.2) is 4.79 Å². The van der Waals surface area contributed by atoms with Gasteiger partial charge in [0.25, 0.3) is 0 Å². The minimum absolute atomic E-state index is 0.447. The summed E-state index contributed by atoms with van der Waals surface area (Å²) in [5.74, 6) is -2.80. The van der Waals surface area contributed by atoms with E-state index in [-0.39, 0.29) is 0 Å². The summed E-state index contributed by atoms with van der Waals surface area (Å²) >= 11 is 0. The van der Waals surface area contributed by atoms with Crippen molar-refractivity contribution in [3.8, 4) is 0 Å². The van der Waals surface area contributed by atoms with E-state index in [1.165, 1.54) is 61.6 Å². The van der Waals surface area contributed by atoms with Crippen molar-refractivity contribution >= 4 is 35.5 Å². The van der Waals surface area contributed by atoms with Crippen LogP contribution in [-0.2, 0) is 9.59 Å². The number of anilines is 2. The quantitative estimate of drug-likeness (QED) is 0.532. The number of para-hydroxylation sites is 2. The molecule has 2 aliphatic heterocycles. The Balaban J connectivity index is 0.000000312. The van der Waals surface area contributed by atoms with Crippen molar-refractivity contribution < 1.29 is 30.0 Å². The molecule has 32 heavy (non-hydrogen) atoms. The Morgan fingerprint density at radius 2 is 1.53 bits per heavy atom. The molecule has 2 aromatic carbocycles. The molecule has 4 rings (SSSR count). The van der Waals surface area contributed by atoms with Gasteiger partial charge in [0.2, 0.25) is 0 Å². The Labute approximate surface area is 188 Å². The third-order valence-electron chi connectivity index (χ3n) is 5.58. The fourth-order valence-electron chi connectivity index (χ4n) is 4.06. The zero-order valence-electron chi connectivity index (χ0n) is 18.1. The summed E-state index contributed by atoms with van der Waals surface area (Å²) in [6.07, 6.45) is 6.68. The van der Waals surface area contributed by atoms with Gasteiger partial charge in [0.15, 0.2) is 0 Å². The van der Waals surface area contributed by atoms with Gasteiger partial charge in [-0.05, 0) is 29.3 Å². The largest absolute Gasteiger partial charge is 0.545 e. The number of carboxylic acid groups (broad SMARTS) is 2. The van der Waals surface area contributed by atoms with E-state index in [9.17, 15) is 14.7 Å². The summed E-state index contributed by atoms with van der Waals surface area (Å²) in [5.41, 5.74) is 5.29. The summed E-state index contributed by atoms with van der Waals surface area (Å²) in [6.45, 7) is 7.57. The van der Waals surface area contributed by atoms with Crippen LogP contribution in [0.4, 0.5) is 11.4 Å². The van der Waals surface area contributed by atoms with E-state index in [4.69, 9.17) is 5.11 Å². The van der Waals surface area contributed by atoms with Crippen LogP contribution in [0.25, 0.3) is 12.2 Å². The molecule has 0 bridgehead atoms. The molecule has 0 aliphatic carbocycles. The Morgan fingerprint density at radius 1 is 0.969 bits per heavy atom. The average molecular weight is 437 g/mol. The molecule has 7 nitrogen and oxygen atoms in total. The maximum absolute atomic E-state index is 9.53. The minimum atomic E-state index is -1.51. The highest BCUT2D eigenvalue weighted by atomic mass is 16.4. The summed E-state index contributed by atoms with van der Waals surface area (Å²) < 4.78 is 0. The lowest BCUT2D eigenvalue weighted by Gasteiger charge is -2.28. The van der Waals surface area contributed by atoms with E-state index in [2.05, 4.69) is 70.9 Å². The first-order chi connectivity index (χ1) is 15.5. The maximum Gasteiger partial charge on any atom is 0.328 e. The highest BCUT2D eigenvalue weighted by Crippen LogP contribution is 2.35. The number of fused-ring (bicyclic) bond motifs is 2. The predicted molar refractivity (Wildman–Crippen MR) is 122 cm³/mol. The van der Waals surface area contributed by atoms with E-state index in [0.717, 1.165) is 6.54 Å². The van der Waals surface area contributed by atoms with E-state index in [1.807, 2.05) is 0 Å². The normalized spacial score (nSPS) is 15.3. The average Bonchev–Trinajstić information content (AvgIpc) is 2.96. The molecule has 2 heterocycles. The van der Waals surface area contributed by atoms with E-state index < -0.39 is 11.9 Å². The van der Waals surface area contributed by atoms with Crippen molar-refractivity contribution in [1.29, 1.82) is 0 Å². The number of quaternary nitrogens is 2. The van der Waals surface area contributed by atoms with Gasteiger partial charge in [-0.2, -0.15) is 0 Å². The Kier molecular flexibility index (Phi) is 8.60. The molecule has 1 fully saturated rings. The summed E-state index contributed by atoms with van der Waals surface area (Å²) in [4.78, 5) is 23.3. The number of hydrogen-bond acceptors (Lipinski definition) is 4. The van der Waals surface area contributed by atoms with Gasteiger partial charge in [-0.15, -0.1) is 0 Å². The zero-order valence-corrected chi connectivity index (χ0v) is 18.1. The van der Waals surface area contributed by atoms with Crippen LogP contribution in [0.15, 0.2) is 60.7 Å². The highest BCUT2D eigenvalue weighted by Gasteiger charge is 2.19. The van der Waals surface area contributed by atoms with Crippen molar-refractivity contribution in [2.75, 3.05) is 44.2 Å². The Bertz CT molecular complexity index is 915. The molecule has 0 aromatic heterocycles. The molecule has 0 amide bonds. The first-order valence-corrected chi connectivity index (χ1v) is 11.0. The molecule has 0 saturated carbocycles. The number of benzene rings is 2. The van der Waals surface area contributed by atoms with Crippen LogP contribution in [0.5, 0.6) is 0 Å². The smallest absolute Gasteiger partial charge is 0.328 e. The fraction of sp³-hybridized carbons (Fsp3) is 0.280. The van der Waals surface area contributed by atoms with Gasteiger partial charge < -0.3 is 30.1 Å². The van der Waals surface area contributed by atoms with Crippen LogP contribution >= 0.6 is 0 Å². The van der Waals surface area contributed by atoms with Crippen molar-refractivity contribution in [3.63, 3.8) is 0 Å². The molecule has 0 atom stereocenters. The lowest BCUT2D eigenvalue weighted by Crippen LogP contribution is -3.20. The van der Waals surface area contributed by atoms with Gasteiger partial charge in [0, 0.05) is 30.4 Å².